The summed E-state index contributed by atoms with van der Waals surface area (Å²) >= 11 is 7.49. The van der Waals surface area contributed by atoms with E-state index in [1.165, 1.54) is 0 Å². The maximum atomic E-state index is 10.7. The third-order valence-corrected chi connectivity index (χ3v) is 3.85. The van der Waals surface area contributed by atoms with Gasteiger partial charge in [-0.1, -0.05) is 23.7 Å². The number of nitrogens with one attached hydrogen (secondary N) is 1. The molecule has 0 aliphatic heterocycles. The first-order valence-corrected chi connectivity index (χ1v) is 7.38. The Morgan fingerprint density at radius 1 is 1.40 bits per heavy atom. The van der Waals surface area contributed by atoms with Crippen molar-refractivity contribution in [2.75, 3.05) is 11.9 Å². The van der Waals surface area contributed by atoms with Gasteiger partial charge in [-0.25, -0.2) is 0 Å². The van der Waals surface area contributed by atoms with Gasteiger partial charge in [0.05, 0.1) is 23.7 Å². The zero-order chi connectivity index (χ0) is 14.4. The molecule has 0 bridgehead atoms. The smallest absolute Gasteiger partial charge is 0.220 e. The van der Waals surface area contributed by atoms with Crippen LogP contribution in [-0.2, 0) is 11.3 Å². The van der Waals surface area contributed by atoms with Crippen LogP contribution in [0.5, 0.6) is 5.75 Å². The molecule has 4 nitrogen and oxygen atoms in total. The molecule has 1 heterocycles. The molecule has 0 aliphatic rings. The van der Waals surface area contributed by atoms with E-state index >= 15 is 0 Å². The molecule has 106 valence electrons. The first-order chi connectivity index (χ1) is 9.65. The number of para-hydroxylation sites is 2. The van der Waals surface area contributed by atoms with Crippen LogP contribution in [0.3, 0.4) is 0 Å². The highest BCUT2D eigenvalue weighted by atomic mass is 35.5. The molecule has 0 aliphatic carbocycles. The van der Waals surface area contributed by atoms with Crippen LogP contribution in [0.4, 0.5) is 5.69 Å². The molecular formula is C14H15ClN2O2S. The van der Waals surface area contributed by atoms with E-state index in [-0.39, 0.29) is 18.9 Å². The maximum Gasteiger partial charge on any atom is 0.220 e. The number of thiophene rings is 1. The quantitative estimate of drug-likeness (QED) is 0.825. The van der Waals surface area contributed by atoms with Gasteiger partial charge in [-0.2, -0.15) is 0 Å². The average Bonchev–Trinajstić information content (AvgIpc) is 2.83. The van der Waals surface area contributed by atoms with Crippen molar-refractivity contribution in [3.05, 3.63) is 45.6 Å². The number of primary amides is 1. The lowest BCUT2D eigenvalue weighted by Crippen LogP contribution is -2.15. The van der Waals surface area contributed by atoms with Crippen LogP contribution >= 0.6 is 22.9 Å². The van der Waals surface area contributed by atoms with Crippen molar-refractivity contribution in [2.45, 2.75) is 13.0 Å². The summed E-state index contributed by atoms with van der Waals surface area (Å²) in [6.07, 6.45) is 0.203. The fourth-order valence-electron chi connectivity index (χ4n) is 1.63. The SMILES string of the molecule is NC(=O)CCOc1ccccc1NCc1cc(Cl)cs1. The second-order valence-electron chi connectivity index (χ2n) is 4.15. The Labute approximate surface area is 126 Å². The zero-order valence-corrected chi connectivity index (χ0v) is 12.3. The van der Waals surface area contributed by atoms with Crippen molar-refractivity contribution < 1.29 is 9.53 Å². The molecular weight excluding hydrogens is 296 g/mol. The minimum atomic E-state index is -0.372. The number of halogens is 1. The molecule has 0 saturated heterocycles. The number of nitrogens with two attached hydrogens (primary N) is 1. The van der Waals surface area contributed by atoms with Crippen molar-refractivity contribution in [1.29, 1.82) is 0 Å². The summed E-state index contributed by atoms with van der Waals surface area (Å²) in [6, 6.07) is 9.51. The summed E-state index contributed by atoms with van der Waals surface area (Å²) in [7, 11) is 0. The molecule has 0 unspecified atom stereocenters. The highest BCUT2D eigenvalue weighted by molar-refractivity contribution is 7.10. The largest absolute Gasteiger partial charge is 0.491 e. The monoisotopic (exact) mass is 310 g/mol. The van der Waals surface area contributed by atoms with E-state index in [9.17, 15) is 4.79 Å². The van der Waals surface area contributed by atoms with Crippen molar-refractivity contribution in [3.63, 3.8) is 0 Å². The molecule has 2 rings (SSSR count). The van der Waals surface area contributed by atoms with E-state index in [2.05, 4.69) is 5.32 Å². The minimum absolute atomic E-state index is 0.203. The Morgan fingerprint density at radius 3 is 2.90 bits per heavy atom. The summed E-state index contributed by atoms with van der Waals surface area (Å²) in [5.74, 6) is 0.333. The van der Waals surface area contributed by atoms with Gasteiger partial charge in [0, 0.05) is 16.8 Å². The Morgan fingerprint density at radius 2 is 2.20 bits per heavy atom. The normalized spacial score (nSPS) is 10.2. The number of rotatable bonds is 7. The topological polar surface area (TPSA) is 64.4 Å². The van der Waals surface area contributed by atoms with E-state index in [0.29, 0.717) is 12.3 Å². The molecule has 0 saturated carbocycles. The van der Waals surface area contributed by atoms with Crippen LogP contribution < -0.4 is 15.8 Å². The number of anilines is 1. The lowest BCUT2D eigenvalue weighted by Gasteiger charge is -2.12. The second kappa shape index (κ2) is 7.17. The fourth-order valence-corrected chi connectivity index (χ4v) is 2.64. The standard InChI is InChI=1S/C14H15ClN2O2S/c15-10-7-11(20-9-10)8-17-12-3-1-2-4-13(12)19-6-5-14(16)18/h1-4,7,9,17H,5-6,8H2,(H2,16,18). The number of ether oxygens (including phenoxy) is 1. The Kier molecular flexibility index (Phi) is 5.26. The molecule has 0 atom stereocenters. The molecule has 20 heavy (non-hydrogen) atoms. The molecule has 3 N–H and O–H groups in total. The van der Waals surface area contributed by atoms with Gasteiger partial charge in [-0.3, -0.25) is 4.79 Å². The predicted octanol–water partition coefficient (Wildman–Crippen LogP) is 3.27. The van der Waals surface area contributed by atoms with Gasteiger partial charge in [0.25, 0.3) is 0 Å². The summed E-state index contributed by atoms with van der Waals surface area (Å²) in [6.45, 7) is 0.951. The number of carbonyl (C=O) groups excluding carboxylic acids is 1. The Balaban J connectivity index is 1.94. The first kappa shape index (κ1) is 14.7. The van der Waals surface area contributed by atoms with Gasteiger partial charge in [0.15, 0.2) is 0 Å². The van der Waals surface area contributed by atoms with Gasteiger partial charge in [-0.15, -0.1) is 11.3 Å². The van der Waals surface area contributed by atoms with Crippen LogP contribution in [0, 0.1) is 0 Å². The highest BCUT2D eigenvalue weighted by Crippen LogP contribution is 2.26. The van der Waals surface area contributed by atoms with Gasteiger partial charge >= 0.3 is 0 Å². The molecule has 1 amide bonds. The molecule has 6 heteroatoms. The number of hydrogen-bond donors (Lipinski definition) is 2. The first-order valence-electron chi connectivity index (χ1n) is 6.12. The zero-order valence-electron chi connectivity index (χ0n) is 10.8. The molecule has 1 aromatic carbocycles. The van der Waals surface area contributed by atoms with Gasteiger partial charge in [0.2, 0.25) is 5.91 Å². The van der Waals surface area contributed by atoms with Crippen molar-refractivity contribution in [1.82, 2.24) is 0 Å². The molecule has 0 spiro atoms. The number of carbonyl (C=O) groups is 1. The van der Waals surface area contributed by atoms with Crippen LogP contribution in [-0.4, -0.2) is 12.5 Å². The Hall–Kier alpha value is -1.72. The van der Waals surface area contributed by atoms with Crippen molar-refractivity contribution in [2.24, 2.45) is 5.73 Å². The lowest BCUT2D eigenvalue weighted by molar-refractivity contribution is -0.118. The molecule has 0 radical (unpaired) electrons. The number of hydrogen-bond acceptors (Lipinski definition) is 4. The molecule has 0 fully saturated rings. The minimum Gasteiger partial charge on any atom is -0.491 e. The van der Waals surface area contributed by atoms with Crippen molar-refractivity contribution in [3.8, 4) is 5.75 Å². The Bertz CT molecular complexity index is 586. The van der Waals surface area contributed by atoms with E-state index < -0.39 is 0 Å². The molecule has 2 aromatic rings. The average molecular weight is 311 g/mol. The summed E-state index contributed by atoms with van der Waals surface area (Å²) in [4.78, 5) is 11.8. The van der Waals surface area contributed by atoms with E-state index in [1.54, 1.807) is 11.3 Å². The third-order valence-electron chi connectivity index (χ3n) is 2.57. The highest BCUT2D eigenvalue weighted by Gasteiger charge is 2.04. The van der Waals surface area contributed by atoms with Crippen LogP contribution in [0.2, 0.25) is 5.02 Å². The van der Waals surface area contributed by atoms with Gasteiger partial charge in [0.1, 0.15) is 5.75 Å². The summed E-state index contributed by atoms with van der Waals surface area (Å²) in [5, 5.41) is 5.94. The maximum absolute atomic E-state index is 10.7. The van der Waals surface area contributed by atoms with Crippen LogP contribution in [0.25, 0.3) is 0 Å². The van der Waals surface area contributed by atoms with Crippen LogP contribution in [0.15, 0.2) is 35.7 Å². The molecule has 1 aromatic heterocycles. The summed E-state index contributed by atoms with van der Waals surface area (Å²) < 4.78 is 5.56. The summed E-state index contributed by atoms with van der Waals surface area (Å²) in [5.41, 5.74) is 5.96. The van der Waals surface area contributed by atoms with E-state index in [0.717, 1.165) is 15.6 Å². The van der Waals surface area contributed by atoms with E-state index in [4.69, 9.17) is 22.1 Å². The van der Waals surface area contributed by atoms with Gasteiger partial charge < -0.3 is 15.8 Å². The fraction of sp³-hybridized carbons (Fsp3) is 0.214. The lowest BCUT2D eigenvalue weighted by atomic mass is 10.3. The van der Waals surface area contributed by atoms with Crippen molar-refractivity contribution >= 4 is 34.5 Å². The number of benzene rings is 1. The third kappa shape index (κ3) is 4.43. The predicted molar refractivity (Wildman–Crippen MR) is 82.4 cm³/mol. The van der Waals surface area contributed by atoms with Gasteiger partial charge in [-0.05, 0) is 18.2 Å². The van der Waals surface area contributed by atoms with E-state index in [1.807, 2.05) is 35.7 Å². The van der Waals surface area contributed by atoms with Crippen LogP contribution in [0.1, 0.15) is 11.3 Å². The second-order valence-corrected chi connectivity index (χ2v) is 5.58. The number of amides is 1.